The first-order valence-electron chi connectivity index (χ1n) is 11.9. The third-order valence-electron chi connectivity index (χ3n) is 6.13. The summed E-state index contributed by atoms with van der Waals surface area (Å²) < 4.78 is 67.2. The lowest BCUT2D eigenvalue weighted by atomic mass is 9.83. The van der Waals surface area contributed by atoms with Gasteiger partial charge in [0.15, 0.2) is 16.7 Å². The van der Waals surface area contributed by atoms with Gasteiger partial charge in [0, 0.05) is 18.0 Å². The van der Waals surface area contributed by atoms with Crippen LogP contribution < -0.4 is 14.2 Å². The minimum Gasteiger partial charge on any atom is -0.493 e. The Labute approximate surface area is 230 Å². The molecule has 0 aliphatic rings. The minimum atomic E-state index is -3.80. The van der Waals surface area contributed by atoms with E-state index < -0.39 is 21.3 Å². The highest BCUT2D eigenvalue weighted by Crippen LogP contribution is 2.38. The zero-order valence-electron chi connectivity index (χ0n) is 21.8. The van der Waals surface area contributed by atoms with Crippen molar-refractivity contribution in [2.75, 3.05) is 26.5 Å². The molecule has 1 N–H and O–H groups in total. The fourth-order valence-corrected chi connectivity index (χ4v) is 5.93. The first kappa shape index (κ1) is 28.5. The van der Waals surface area contributed by atoms with Gasteiger partial charge in [0.1, 0.15) is 17.5 Å². The molecule has 0 fully saturated rings. The van der Waals surface area contributed by atoms with Crippen molar-refractivity contribution >= 4 is 21.8 Å². The van der Waals surface area contributed by atoms with E-state index in [0.29, 0.717) is 33.9 Å². The van der Waals surface area contributed by atoms with Crippen LogP contribution in [0.25, 0.3) is 5.69 Å². The summed E-state index contributed by atoms with van der Waals surface area (Å²) in [5.41, 5.74) is 0.878. The van der Waals surface area contributed by atoms with Crippen LogP contribution in [-0.4, -0.2) is 49.7 Å². The molecule has 0 amide bonds. The maximum atomic E-state index is 13.7. The molecular formula is C27H28F2N4O4S2. The molecule has 0 saturated heterocycles. The van der Waals surface area contributed by atoms with E-state index in [9.17, 15) is 17.2 Å². The van der Waals surface area contributed by atoms with E-state index >= 15 is 0 Å². The van der Waals surface area contributed by atoms with Gasteiger partial charge in [0.25, 0.3) is 0 Å². The van der Waals surface area contributed by atoms with Gasteiger partial charge in [-0.05, 0) is 80.1 Å². The molecule has 0 saturated carbocycles. The topological polar surface area (TPSA) is 95.3 Å². The molecule has 0 spiro atoms. The molecule has 4 rings (SSSR count). The van der Waals surface area contributed by atoms with Gasteiger partial charge in [-0.15, -0.1) is 10.2 Å². The number of methoxy groups -OCH3 is 2. The maximum Gasteiger partial charge on any atom is 0.240 e. The average molecular weight is 575 g/mol. The molecule has 1 heterocycles. The van der Waals surface area contributed by atoms with Crippen LogP contribution in [0, 0.1) is 11.6 Å². The Morgan fingerprint density at radius 3 is 2.13 bits per heavy atom. The number of sulfonamides is 1. The highest BCUT2D eigenvalue weighted by atomic mass is 32.2. The summed E-state index contributed by atoms with van der Waals surface area (Å²) in [7, 11) is -0.671. The molecule has 206 valence electrons. The lowest BCUT2D eigenvalue weighted by Gasteiger charge is -2.26. The number of nitrogens with one attached hydrogen (secondary N) is 1. The van der Waals surface area contributed by atoms with Gasteiger partial charge >= 0.3 is 0 Å². The van der Waals surface area contributed by atoms with Crippen LogP contribution in [0.5, 0.6) is 11.5 Å². The molecule has 0 aliphatic heterocycles. The number of hydrogen-bond donors (Lipinski definition) is 1. The van der Waals surface area contributed by atoms with Gasteiger partial charge in [-0.2, -0.15) is 0 Å². The van der Waals surface area contributed by atoms with Crippen LogP contribution in [0.2, 0.25) is 0 Å². The summed E-state index contributed by atoms with van der Waals surface area (Å²) in [5, 5.41) is 9.39. The molecule has 1 aromatic heterocycles. The van der Waals surface area contributed by atoms with E-state index in [4.69, 9.17) is 9.47 Å². The second-order valence-electron chi connectivity index (χ2n) is 9.01. The van der Waals surface area contributed by atoms with Gasteiger partial charge in [0.05, 0.1) is 24.5 Å². The van der Waals surface area contributed by atoms with Crippen molar-refractivity contribution < 1.29 is 26.7 Å². The Morgan fingerprint density at radius 1 is 0.897 bits per heavy atom. The first-order chi connectivity index (χ1) is 18.6. The second kappa shape index (κ2) is 11.7. The van der Waals surface area contributed by atoms with Crippen molar-refractivity contribution in [1.82, 2.24) is 19.5 Å². The highest BCUT2D eigenvalue weighted by molar-refractivity contribution is 7.99. The van der Waals surface area contributed by atoms with E-state index in [1.165, 1.54) is 36.0 Å². The number of aromatic nitrogens is 3. The summed E-state index contributed by atoms with van der Waals surface area (Å²) >= 11 is 1.29. The monoisotopic (exact) mass is 574 g/mol. The number of hydrogen-bond acceptors (Lipinski definition) is 7. The standard InChI is InChI=1S/C27H28F2N4O4S2/c1-27(2,18-5-14-23(36-3)24(17-18)37-4)25-31-32-26(33(25)21-10-6-19(28)7-11-21)38-16-15-30-39(34,35)22-12-8-20(29)9-13-22/h5-14,17,30H,15-16H2,1-4H3. The molecule has 0 unspecified atom stereocenters. The molecule has 0 bridgehead atoms. The SMILES string of the molecule is COc1ccc(C(C)(C)c2nnc(SCCNS(=O)(=O)c3ccc(F)cc3)n2-c2ccc(F)cc2)cc1OC. The molecule has 39 heavy (non-hydrogen) atoms. The van der Waals surface area contributed by atoms with Gasteiger partial charge in [-0.25, -0.2) is 21.9 Å². The van der Waals surface area contributed by atoms with Crippen LogP contribution in [0.1, 0.15) is 25.2 Å². The van der Waals surface area contributed by atoms with Gasteiger partial charge in [-0.3, -0.25) is 4.57 Å². The minimum absolute atomic E-state index is 0.0256. The Kier molecular flexibility index (Phi) is 8.57. The van der Waals surface area contributed by atoms with E-state index in [0.717, 1.165) is 17.7 Å². The summed E-state index contributed by atoms with van der Waals surface area (Å²) in [4.78, 5) is -0.0256. The van der Waals surface area contributed by atoms with Crippen molar-refractivity contribution in [2.45, 2.75) is 29.3 Å². The largest absolute Gasteiger partial charge is 0.493 e. The number of halogens is 2. The average Bonchev–Trinajstić information content (AvgIpc) is 3.36. The van der Waals surface area contributed by atoms with Crippen molar-refractivity contribution in [3.8, 4) is 17.2 Å². The first-order valence-corrected chi connectivity index (χ1v) is 14.4. The van der Waals surface area contributed by atoms with Crippen molar-refractivity contribution in [3.05, 3.63) is 89.8 Å². The van der Waals surface area contributed by atoms with Gasteiger partial charge in [-0.1, -0.05) is 17.8 Å². The third kappa shape index (κ3) is 6.23. The second-order valence-corrected chi connectivity index (χ2v) is 11.8. The molecule has 3 aromatic carbocycles. The number of benzene rings is 3. The number of thioether (sulfide) groups is 1. The number of ether oxygens (including phenoxy) is 2. The van der Waals surface area contributed by atoms with Crippen LogP contribution in [-0.2, 0) is 15.4 Å². The molecule has 0 atom stereocenters. The smallest absolute Gasteiger partial charge is 0.240 e. The number of rotatable bonds is 11. The zero-order valence-corrected chi connectivity index (χ0v) is 23.4. The van der Waals surface area contributed by atoms with E-state index in [1.54, 1.807) is 26.4 Å². The van der Waals surface area contributed by atoms with Gasteiger partial charge in [0.2, 0.25) is 10.0 Å². The fourth-order valence-electron chi connectivity index (χ4n) is 3.96. The summed E-state index contributed by atoms with van der Waals surface area (Å²) in [6.45, 7) is 4.07. The predicted molar refractivity (Wildman–Crippen MR) is 145 cm³/mol. The Bertz CT molecular complexity index is 1540. The van der Waals surface area contributed by atoms with E-state index in [1.807, 2.05) is 36.6 Å². The number of nitrogens with zero attached hydrogens (tertiary/aromatic N) is 3. The zero-order chi connectivity index (χ0) is 28.2. The lowest BCUT2D eigenvalue weighted by Crippen LogP contribution is -2.26. The molecular weight excluding hydrogens is 546 g/mol. The summed E-state index contributed by atoms with van der Waals surface area (Å²) in [5.74, 6) is 1.19. The molecule has 8 nitrogen and oxygen atoms in total. The van der Waals surface area contributed by atoms with E-state index in [2.05, 4.69) is 14.9 Å². The van der Waals surface area contributed by atoms with Crippen molar-refractivity contribution in [2.24, 2.45) is 0 Å². The van der Waals surface area contributed by atoms with E-state index in [-0.39, 0.29) is 17.3 Å². The Morgan fingerprint density at radius 2 is 1.51 bits per heavy atom. The van der Waals surface area contributed by atoms with Crippen LogP contribution in [0.15, 0.2) is 76.8 Å². The molecule has 0 aliphatic carbocycles. The summed E-state index contributed by atoms with van der Waals surface area (Å²) in [6, 6.07) is 16.2. The molecule has 12 heteroatoms. The lowest BCUT2D eigenvalue weighted by molar-refractivity contribution is 0.353. The highest BCUT2D eigenvalue weighted by Gasteiger charge is 2.32. The third-order valence-corrected chi connectivity index (χ3v) is 8.54. The quantitative estimate of drug-likeness (QED) is 0.200. The fraction of sp³-hybridized carbons (Fsp3) is 0.259. The van der Waals surface area contributed by atoms with Crippen LogP contribution in [0.4, 0.5) is 8.78 Å². The summed E-state index contributed by atoms with van der Waals surface area (Å²) in [6.07, 6.45) is 0. The maximum absolute atomic E-state index is 13.7. The molecule has 4 aromatic rings. The van der Waals surface area contributed by atoms with Crippen molar-refractivity contribution in [1.29, 1.82) is 0 Å². The van der Waals surface area contributed by atoms with Gasteiger partial charge < -0.3 is 9.47 Å². The Hall–Kier alpha value is -3.48. The molecule has 0 radical (unpaired) electrons. The Balaban J connectivity index is 1.62. The normalized spacial score (nSPS) is 11.9. The predicted octanol–water partition coefficient (Wildman–Crippen LogP) is 4.96. The van der Waals surface area contributed by atoms with Crippen LogP contribution >= 0.6 is 11.8 Å². The van der Waals surface area contributed by atoms with Crippen LogP contribution in [0.3, 0.4) is 0 Å². The van der Waals surface area contributed by atoms with Crippen molar-refractivity contribution in [3.63, 3.8) is 0 Å².